The van der Waals surface area contributed by atoms with Gasteiger partial charge in [-0.15, -0.1) is 0 Å². The molecule has 0 bridgehead atoms. The Hall–Kier alpha value is -2.67. The van der Waals surface area contributed by atoms with Crippen LogP contribution >= 0.6 is 0 Å². The second kappa shape index (κ2) is 7.29. The summed E-state index contributed by atoms with van der Waals surface area (Å²) in [7, 11) is 1.53. The van der Waals surface area contributed by atoms with E-state index in [9.17, 15) is 4.79 Å². The SMILES string of the molecule is COc1nccnc1O[C@@H]1CCN(C(=O)[C@H]2Cc3ccccc3CO2)C1. The van der Waals surface area contributed by atoms with Crippen molar-refractivity contribution in [2.45, 2.75) is 31.7 Å². The molecule has 7 heteroatoms. The fraction of sp³-hybridized carbons (Fsp3) is 0.421. The lowest BCUT2D eigenvalue weighted by Crippen LogP contribution is -2.42. The summed E-state index contributed by atoms with van der Waals surface area (Å²) in [6.45, 7) is 1.64. The predicted octanol–water partition coefficient (Wildman–Crippen LogP) is 1.61. The third-order valence-electron chi connectivity index (χ3n) is 4.80. The van der Waals surface area contributed by atoms with Crippen LogP contribution in [0.1, 0.15) is 17.5 Å². The number of hydrogen-bond acceptors (Lipinski definition) is 6. The summed E-state index contributed by atoms with van der Waals surface area (Å²) < 4.78 is 16.8. The lowest BCUT2D eigenvalue weighted by molar-refractivity contribution is -0.144. The van der Waals surface area contributed by atoms with Gasteiger partial charge in [0.15, 0.2) is 0 Å². The Labute approximate surface area is 151 Å². The Morgan fingerprint density at radius 2 is 1.96 bits per heavy atom. The zero-order chi connectivity index (χ0) is 17.9. The van der Waals surface area contributed by atoms with E-state index in [4.69, 9.17) is 14.2 Å². The summed E-state index contributed by atoms with van der Waals surface area (Å²) in [5, 5.41) is 0. The third kappa shape index (κ3) is 3.35. The molecule has 0 unspecified atom stereocenters. The quantitative estimate of drug-likeness (QED) is 0.830. The molecule has 2 atom stereocenters. The van der Waals surface area contributed by atoms with Gasteiger partial charge < -0.3 is 19.1 Å². The molecule has 7 nitrogen and oxygen atoms in total. The normalized spacial score (nSPS) is 22.0. The van der Waals surface area contributed by atoms with Gasteiger partial charge in [-0.2, -0.15) is 0 Å². The molecule has 2 aromatic rings. The van der Waals surface area contributed by atoms with E-state index in [1.54, 1.807) is 12.4 Å². The average molecular weight is 355 g/mol. The van der Waals surface area contributed by atoms with E-state index in [0.29, 0.717) is 37.9 Å². The predicted molar refractivity (Wildman–Crippen MR) is 92.9 cm³/mol. The molecule has 0 radical (unpaired) electrons. The summed E-state index contributed by atoms with van der Waals surface area (Å²) in [6, 6.07) is 8.10. The zero-order valence-corrected chi connectivity index (χ0v) is 14.6. The van der Waals surface area contributed by atoms with Crippen molar-refractivity contribution in [1.82, 2.24) is 14.9 Å². The third-order valence-corrected chi connectivity index (χ3v) is 4.80. The number of likely N-dealkylation sites (tertiary alicyclic amines) is 1. The van der Waals surface area contributed by atoms with Gasteiger partial charge in [0, 0.05) is 31.8 Å². The topological polar surface area (TPSA) is 73.8 Å². The minimum Gasteiger partial charge on any atom is -0.477 e. The van der Waals surface area contributed by atoms with Crippen LogP contribution in [0.3, 0.4) is 0 Å². The van der Waals surface area contributed by atoms with E-state index in [1.165, 1.54) is 12.7 Å². The van der Waals surface area contributed by atoms with E-state index < -0.39 is 6.10 Å². The smallest absolute Gasteiger partial charge is 0.278 e. The van der Waals surface area contributed by atoms with E-state index >= 15 is 0 Å². The minimum absolute atomic E-state index is 0.0247. The molecular formula is C19H21N3O4. The molecule has 0 aliphatic carbocycles. The lowest BCUT2D eigenvalue weighted by atomic mass is 9.98. The second-order valence-electron chi connectivity index (χ2n) is 6.46. The molecule has 2 aliphatic rings. The molecule has 0 saturated carbocycles. The van der Waals surface area contributed by atoms with Crippen LogP contribution in [-0.2, 0) is 22.6 Å². The molecule has 1 aromatic carbocycles. The maximum atomic E-state index is 12.8. The molecule has 0 N–H and O–H groups in total. The molecule has 2 aliphatic heterocycles. The van der Waals surface area contributed by atoms with Gasteiger partial charge in [0.1, 0.15) is 12.2 Å². The van der Waals surface area contributed by atoms with Crippen LogP contribution in [0.2, 0.25) is 0 Å². The van der Waals surface area contributed by atoms with Crippen molar-refractivity contribution in [1.29, 1.82) is 0 Å². The van der Waals surface area contributed by atoms with Gasteiger partial charge in [-0.25, -0.2) is 9.97 Å². The van der Waals surface area contributed by atoms with Crippen molar-refractivity contribution in [2.75, 3.05) is 20.2 Å². The molecule has 26 heavy (non-hydrogen) atoms. The van der Waals surface area contributed by atoms with Gasteiger partial charge in [-0.05, 0) is 11.1 Å². The average Bonchev–Trinajstić information content (AvgIpc) is 3.16. The fourth-order valence-electron chi connectivity index (χ4n) is 3.42. The number of ether oxygens (including phenoxy) is 3. The van der Waals surface area contributed by atoms with Crippen molar-refractivity contribution in [3.63, 3.8) is 0 Å². The number of carbonyl (C=O) groups is 1. The number of benzene rings is 1. The number of aromatic nitrogens is 2. The first kappa shape index (κ1) is 16.8. The zero-order valence-electron chi connectivity index (χ0n) is 14.6. The van der Waals surface area contributed by atoms with Crippen molar-refractivity contribution in [3.05, 3.63) is 47.8 Å². The lowest BCUT2D eigenvalue weighted by Gasteiger charge is -2.28. The first-order valence-electron chi connectivity index (χ1n) is 8.73. The monoisotopic (exact) mass is 355 g/mol. The summed E-state index contributed by atoms with van der Waals surface area (Å²) >= 11 is 0. The van der Waals surface area contributed by atoms with Crippen molar-refractivity contribution in [3.8, 4) is 11.8 Å². The molecule has 4 rings (SSSR count). The largest absolute Gasteiger partial charge is 0.477 e. The maximum absolute atomic E-state index is 12.8. The highest BCUT2D eigenvalue weighted by Crippen LogP contribution is 2.26. The van der Waals surface area contributed by atoms with Crippen LogP contribution in [0, 0.1) is 0 Å². The Bertz CT molecular complexity index is 798. The molecule has 0 spiro atoms. The Morgan fingerprint density at radius 1 is 1.19 bits per heavy atom. The first-order valence-corrected chi connectivity index (χ1v) is 8.73. The maximum Gasteiger partial charge on any atom is 0.278 e. The number of amides is 1. The Morgan fingerprint density at radius 3 is 2.77 bits per heavy atom. The van der Waals surface area contributed by atoms with Crippen LogP contribution in [0.4, 0.5) is 0 Å². The number of nitrogens with zero attached hydrogens (tertiary/aromatic N) is 3. The van der Waals surface area contributed by atoms with E-state index in [0.717, 1.165) is 12.0 Å². The van der Waals surface area contributed by atoms with E-state index in [2.05, 4.69) is 16.0 Å². The molecule has 3 heterocycles. The van der Waals surface area contributed by atoms with Gasteiger partial charge in [-0.1, -0.05) is 24.3 Å². The van der Waals surface area contributed by atoms with Crippen LogP contribution in [0.15, 0.2) is 36.7 Å². The van der Waals surface area contributed by atoms with E-state index in [1.807, 2.05) is 23.1 Å². The fourth-order valence-corrected chi connectivity index (χ4v) is 3.42. The molecular weight excluding hydrogens is 334 g/mol. The second-order valence-corrected chi connectivity index (χ2v) is 6.46. The number of carbonyl (C=O) groups excluding carboxylic acids is 1. The molecule has 1 aromatic heterocycles. The highest BCUT2D eigenvalue weighted by molar-refractivity contribution is 5.82. The highest BCUT2D eigenvalue weighted by Gasteiger charge is 2.34. The standard InChI is InChI=1S/C19H21N3O4/c1-24-17-18(21-8-7-20-17)26-15-6-9-22(11-15)19(23)16-10-13-4-2-3-5-14(13)12-25-16/h2-5,7-8,15-16H,6,9-12H2,1H3/t15-,16-/m1/s1. The van der Waals surface area contributed by atoms with Gasteiger partial charge in [0.05, 0.1) is 20.3 Å². The number of rotatable bonds is 4. The summed E-state index contributed by atoms with van der Waals surface area (Å²) in [6.07, 6.45) is 3.93. The number of methoxy groups -OCH3 is 1. The molecule has 1 fully saturated rings. The minimum atomic E-state index is -0.422. The number of hydrogen-bond donors (Lipinski definition) is 0. The molecule has 136 valence electrons. The highest BCUT2D eigenvalue weighted by atomic mass is 16.5. The van der Waals surface area contributed by atoms with Crippen LogP contribution < -0.4 is 9.47 Å². The molecule has 1 saturated heterocycles. The van der Waals surface area contributed by atoms with Crippen molar-refractivity contribution < 1.29 is 19.0 Å². The number of fused-ring (bicyclic) bond motifs is 1. The van der Waals surface area contributed by atoms with Crippen molar-refractivity contribution >= 4 is 5.91 Å². The first-order chi connectivity index (χ1) is 12.7. The van der Waals surface area contributed by atoms with Crippen LogP contribution in [0.25, 0.3) is 0 Å². The summed E-state index contributed by atoms with van der Waals surface area (Å²) in [4.78, 5) is 22.9. The Kier molecular flexibility index (Phi) is 4.71. The van der Waals surface area contributed by atoms with Gasteiger partial charge in [0.2, 0.25) is 0 Å². The summed E-state index contributed by atoms with van der Waals surface area (Å²) in [5.74, 6) is 0.735. The van der Waals surface area contributed by atoms with Crippen molar-refractivity contribution in [2.24, 2.45) is 0 Å². The van der Waals surface area contributed by atoms with E-state index in [-0.39, 0.29) is 12.0 Å². The van der Waals surface area contributed by atoms with Gasteiger partial charge in [0.25, 0.3) is 17.7 Å². The Balaban J connectivity index is 1.37. The molecule has 1 amide bonds. The van der Waals surface area contributed by atoms with Gasteiger partial charge in [-0.3, -0.25) is 4.79 Å². The van der Waals surface area contributed by atoms with Crippen LogP contribution in [-0.4, -0.2) is 53.2 Å². The van der Waals surface area contributed by atoms with Gasteiger partial charge >= 0.3 is 0 Å². The van der Waals surface area contributed by atoms with Crippen LogP contribution in [0.5, 0.6) is 11.8 Å². The summed E-state index contributed by atoms with van der Waals surface area (Å²) in [5.41, 5.74) is 2.35.